The molecule has 2 aromatic rings. The number of carboxylic acid groups (broad SMARTS) is 1. The van der Waals surface area contributed by atoms with E-state index in [-0.39, 0.29) is 11.4 Å². The maximum absolute atomic E-state index is 11.8. The molecule has 114 valence electrons. The van der Waals surface area contributed by atoms with Crippen molar-refractivity contribution in [1.29, 1.82) is 0 Å². The van der Waals surface area contributed by atoms with Crippen LogP contribution in [0, 0.1) is 6.92 Å². The molecule has 6 nitrogen and oxygen atoms in total. The van der Waals surface area contributed by atoms with E-state index in [0.717, 1.165) is 9.79 Å². The lowest BCUT2D eigenvalue weighted by Crippen LogP contribution is -2.30. The van der Waals surface area contributed by atoms with Gasteiger partial charge in [-0.1, -0.05) is 30.0 Å². The summed E-state index contributed by atoms with van der Waals surface area (Å²) in [6.07, 6.45) is 1.49. The van der Waals surface area contributed by atoms with Crippen molar-refractivity contribution < 1.29 is 19.8 Å². The molecule has 0 aliphatic carbocycles. The molecule has 0 fully saturated rings. The number of carboxylic acids is 1. The number of pyridine rings is 1. The van der Waals surface area contributed by atoms with Crippen LogP contribution in [-0.2, 0) is 4.79 Å². The predicted octanol–water partition coefficient (Wildman–Crippen LogP) is 2.06. The molecule has 0 aliphatic rings. The van der Waals surface area contributed by atoms with Gasteiger partial charge in [0.15, 0.2) is 11.4 Å². The van der Waals surface area contributed by atoms with E-state index in [1.807, 2.05) is 30.3 Å². The molecule has 0 unspecified atom stereocenters. The molecule has 0 atom stereocenters. The second kappa shape index (κ2) is 6.95. The minimum absolute atomic E-state index is 0.184. The Labute approximate surface area is 131 Å². The third kappa shape index (κ3) is 3.76. The van der Waals surface area contributed by atoms with Crippen LogP contribution < -0.4 is 5.32 Å². The highest BCUT2D eigenvalue weighted by Crippen LogP contribution is 2.34. The summed E-state index contributed by atoms with van der Waals surface area (Å²) in [5.41, 5.74) is 0.334. The van der Waals surface area contributed by atoms with Crippen molar-refractivity contribution in [2.45, 2.75) is 16.7 Å². The fourth-order valence-corrected chi connectivity index (χ4v) is 2.60. The van der Waals surface area contributed by atoms with Crippen LogP contribution in [0.3, 0.4) is 0 Å². The lowest BCUT2D eigenvalue weighted by Gasteiger charge is -2.10. The van der Waals surface area contributed by atoms with Crippen molar-refractivity contribution in [3.05, 3.63) is 47.8 Å². The molecule has 0 aliphatic heterocycles. The average molecular weight is 318 g/mol. The Hall–Kier alpha value is -2.54. The molecule has 0 saturated carbocycles. The van der Waals surface area contributed by atoms with E-state index in [9.17, 15) is 14.7 Å². The van der Waals surface area contributed by atoms with Crippen LogP contribution in [0.2, 0.25) is 0 Å². The molecule has 22 heavy (non-hydrogen) atoms. The first-order valence-electron chi connectivity index (χ1n) is 6.40. The molecule has 1 heterocycles. The van der Waals surface area contributed by atoms with Gasteiger partial charge in [-0.2, -0.15) is 0 Å². The standard InChI is InChI=1S/C15H14N2O4S/c1-9-11(22-10-5-3-2-4-6-10)7-16-13(14(9)20)15(21)17-8-12(18)19/h2-7,20H,8H2,1H3,(H,17,21)(H,18,19). The van der Waals surface area contributed by atoms with Crippen LogP contribution in [0.25, 0.3) is 0 Å². The molecular formula is C15H14N2O4S. The smallest absolute Gasteiger partial charge is 0.322 e. The number of carbonyl (C=O) groups is 2. The Morgan fingerprint density at radius 3 is 2.59 bits per heavy atom. The van der Waals surface area contributed by atoms with Crippen LogP contribution in [0.15, 0.2) is 46.3 Å². The number of aliphatic carboxylic acids is 1. The molecule has 0 radical (unpaired) electrons. The number of nitrogens with zero attached hydrogens (tertiary/aromatic N) is 1. The van der Waals surface area contributed by atoms with Gasteiger partial charge >= 0.3 is 5.97 Å². The Kier molecular flexibility index (Phi) is 5.00. The Balaban J connectivity index is 2.21. The fourth-order valence-electron chi connectivity index (χ4n) is 1.70. The third-order valence-electron chi connectivity index (χ3n) is 2.85. The van der Waals surface area contributed by atoms with E-state index in [0.29, 0.717) is 5.56 Å². The number of benzene rings is 1. The predicted molar refractivity (Wildman–Crippen MR) is 81.2 cm³/mol. The lowest BCUT2D eigenvalue weighted by molar-refractivity contribution is -0.135. The third-order valence-corrected chi connectivity index (χ3v) is 3.99. The molecule has 1 amide bonds. The normalized spacial score (nSPS) is 10.2. The number of nitrogens with one attached hydrogen (secondary N) is 1. The van der Waals surface area contributed by atoms with E-state index in [4.69, 9.17) is 5.11 Å². The minimum Gasteiger partial charge on any atom is -0.505 e. The molecular weight excluding hydrogens is 304 g/mol. The zero-order valence-corrected chi connectivity index (χ0v) is 12.6. The van der Waals surface area contributed by atoms with Gasteiger partial charge in [-0.25, -0.2) is 4.98 Å². The van der Waals surface area contributed by atoms with Crippen LogP contribution >= 0.6 is 11.8 Å². The maximum atomic E-state index is 11.8. The van der Waals surface area contributed by atoms with Crippen molar-refractivity contribution in [3.8, 4) is 5.75 Å². The van der Waals surface area contributed by atoms with Gasteiger partial charge in [0.05, 0.1) is 0 Å². The number of amides is 1. The Morgan fingerprint density at radius 2 is 1.95 bits per heavy atom. The summed E-state index contributed by atoms with van der Waals surface area (Å²) in [6.45, 7) is 1.15. The summed E-state index contributed by atoms with van der Waals surface area (Å²) < 4.78 is 0. The van der Waals surface area contributed by atoms with Crippen LogP contribution in [0.4, 0.5) is 0 Å². The van der Waals surface area contributed by atoms with Crippen molar-refractivity contribution in [2.75, 3.05) is 6.54 Å². The van der Waals surface area contributed by atoms with Gasteiger partial charge < -0.3 is 15.5 Å². The van der Waals surface area contributed by atoms with E-state index >= 15 is 0 Å². The first kappa shape index (κ1) is 15.8. The van der Waals surface area contributed by atoms with Crippen LogP contribution in [0.1, 0.15) is 16.1 Å². The van der Waals surface area contributed by atoms with Gasteiger partial charge in [-0.3, -0.25) is 9.59 Å². The molecule has 3 N–H and O–H groups in total. The molecule has 1 aromatic carbocycles. The summed E-state index contributed by atoms with van der Waals surface area (Å²) >= 11 is 1.42. The lowest BCUT2D eigenvalue weighted by atomic mass is 10.2. The van der Waals surface area contributed by atoms with Gasteiger partial charge in [0.1, 0.15) is 6.54 Å². The molecule has 0 bridgehead atoms. The summed E-state index contributed by atoms with van der Waals surface area (Å²) in [5, 5.41) is 20.8. The number of hydrogen-bond acceptors (Lipinski definition) is 5. The number of carbonyl (C=O) groups excluding carboxylic acids is 1. The molecule has 7 heteroatoms. The second-order valence-corrected chi connectivity index (χ2v) is 5.55. The molecule has 2 rings (SSSR count). The minimum atomic E-state index is -1.17. The van der Waals surface area contributed by atoms with E-state index in [1.54, 1.807) is 6.92 Å². The Bertz CT molecular complexity index is 704. The number of rotatable bonds is 5. The van der Waals surface area contributed by atoms with Gasteiger partial charge in [0.2, 0.25) is 0 Å². The molecule has 0 spiro atoms. The number of aromatic nitrogens is 1. The van der Waals surface area contributed by atoms with Gasteiger partial charge in [0, 0.05) is 21.6 Å². The Morgan fingerprint density at radius 1 is 1.27 bits per heavy atom. The largest absolute Gasteiger partial charge is 0.505 e. The van der Waals surface area contributed by atoms with Gasteiger partial charge in [-0.15, -0.1) is 0 Å². The summed E-state index contributed by atoms with van der Waals surface area (Å²) in [4.78, 5) is 27.9. The summed E-state index contributed by atoms with van der Waals surface area (Å²) in [5.74, 6) is -2.14. The van der Waals surface area contributed by atoms with Gasteiger partial charge in [-0.05, 0) is 19.1 Å². The first-order valence-corrected chi connectivity index (χ1v) is 7.22. The zero-order valence-electron chi connectivity index (χ0n) is 11.7. The summed E-state index contributed by atoms with van der Waals surface area (Å²) in [7, 11) is 0. The SMILES string of the molecule is Cc1c(Sc2ccccc2)cnc(C(=O)NCC(=O)O)c1O. The van der Waals surface area contributed by atoms with Crippen LogP contribution in [0.5, 0.6) is 5.75 Å². The average Bonchev–Trinajstić information content (AvgIpc) is 2.51. The molecule has 0 saturated heterocycles. The van der Waals surface area contributed by atoms with Crippen molar-refractivity contribution in [2.24, 2.45) is 0 Å². The van der Waals surface area contributed by atoms with E-state index < -0.39 is 18.4 Å². The maximum Gasteiger partial charge on any atom is 0.322 e. The highest BCUT2D eigenvalue weighted by atomic mass is 32.2. The van der Waals surface area contributed by atoms with E-state index in [1.165, 1.54) is 18.0 Å². The first-order chi connectivity index (χ1) is 10.5. The zero-order chi connectivity index (χ0) is 16.1. The summed E-state index contributed by atoms with van der Waals surface area (Å²) in [6, 6.07) is 9.56. The quantitative estimate of drug-likeness (QED) is 0.780. The highest BCUT2D eigenvalue weighted by Gasteiger charge is 2.18. The monoisotopic (exact) mass is 318 g/mol. The number of hydrogen-bond donors (Lipinski definition) is 3. The van der Waals surface area contributed by atoms with Gasteiger partial charge in [0.25, 0.3) is 5.91 Å². The van der Waals surface area contributed by atoms with Crippen LogP contribution in [-0.4, -0.2) is 33.6 Å². The van der Waals surface area contributed by atoms with Crippen molar-refractivity contribution >= 4 is 23.6 Å². The topological polar surface area (TPSA) is 99.5 Å². The van der Waals surface area contributed by atoms with Crippen molar-refractivity contribution in [3.63, 3.8) is 0 Å². The molecule has 1 aromatic heterocycles. The number of aromatic hydroxyl groups is 1. The van der Waals surface area contributed by atoms with Crippen molar-refractivity contribution in [1.82, 2.24) is 10.3 Å². The van der Waals surface area contributed by atoms with E-state index in [2.05, 4.69) is 10.3 Å². The highest BCUT2D eigenvalue weighted by molar-refractivity contribution is 7.99. The fraction of sp³-hybridized carbons (Fsp3) is 0.133. The second-order valence-electron chi connectivity index (χ2n) is 4.44.